The van der Waals surface area contributed by atoms with E-state index in [4.69, 9.17) is 28.3 Å². The summed E-state index contributed by atoms with van der Waals surface area (Å²) in [6.07, 6.45) is 0.502. The molecule has 0 fully saturated rings. The van der Waals surface area contributed by atoms with Gasteiger partial charge in [0.05, 0.1) is 16.0 Å². The molecule has 7 heteroatoms. The molecule has 0 saturated carbocycles. The lowest BCUT2D eigenvalue weighted by molar-refractivity contribution is -0.142. The molecule has 21 heavy (non-hydrogen) atoms. The molecule has 0 bridgehead atoms. The number of hydrogen-bond acceptors (Lipinski definition) is 2. The monoisotopic (exact) mass is 332 g/mol. The van der Waals surface area contributed by atoms with Crippen LogP contribution in [0.15, 0.2) is 18.2 Å². The molecule has 5 nitrogen and oxygen atoms in total. The summed E-state index contributed by atoms with van der Waals surface area (Å²) in [4.78, 5) is 22.8. The first-order valence-corrected chi connectivity index (χ1v) is 7.28. The summed E-state index contributed by atoms with van der Waals surface area (Å²) in [5, 5.41) is 14.9. The smallest absolute Gasteiger partial charge is 0.319 e. The highest BCUT2D eigenvalue weighted by Gasteiger charge is 2.19. The van der Waals surface area contributed by atoms with Crippen LogP contribution in [0.3, 0.4) is 0 Å². The predicted molar refractivity (Wildman–Crippen MR) is 84.1 cm³/mol. The van der Waals surface area contributed by atoms with Gasteiger partial charge in [0.25, 0.3) is 0 Å². The van der Waals surface area contributed by atoms with Gasteiger partial charge in [-0.25, -0.2) is 4.79 Å². The third-order valence-electron chi connectivity index (χ3n) is 2.79. The zero-order valence-electron chi connectivity index (χ0n) is 11.8. The molecule has 116 valence electrons. The molecular formula is C14H18Cl2N2O3. The minimum Gasteiger partial charge on any atom is -0.481 e. The first-order valence-electron chi connectivity index (χ1n) is 6.52. The van der Waals surface area contributed by atoms with Crippen molar-refractivity contribution < 1.29 is 14.7 Å². The number of carboxylic acid groups (broad SMARTS) is 1. The Morgan fingerprint density at radius 1 is 1.24 bits per heavy atom. The maximum absolute atomic E-state index is 11.7. The Morgan fingerprint density at radius 2 is 1.90 bits per heavy atom. The van der Waals surface area contributed by atoms with Crippen LogP contribution >= 0.6 is 23.2 Å². The highest BCUT2D eigenvalue weighted by Crippen LogP contribution is 2.24. The molecule has 1 rings (SSSR count). The fourth-order valence-corrected chi connectivity index (χ4v) is 2.10. The Morgan fingerprint density at radius 3 is 2.43 bits per heavy atom. The van der Waals surface area contributed by atoms with Gasteiger partial charge in [0.2, 0.25) is 0 Å². The van der Waals surface area contributed by atoms with Crippen LogP contribution in [0, 0.1) is 11.8 Å². The first kappa shape index (κ1) is 17.6. The van der Waals surface area contributed by atoms with Gasteiger partial charge in [-0.1, -0.05) is 37.0 Å². The van der Waals surface area contributed by atoms with E-state index in [2.05, 4.69) is 10.6 Å². The number of benzene rings is 1. The molecule has 0 heterocycles. The van der Waals surface area contributed by atoms with Gasteiger partial charge in [-0.3, -0.25) is 4.79 Å². The van der Waals surface area contributed by atoms with E-state index in [1.54, 1.807) is 12.1 Å². The van der Waals surface area contributed by atoms with Crippen molar-refractivity contribution in [1.29, 1.82) is 0 Å². The van der Waals surface area contributed by atoms with Crippen LogP contribution in [0.1, 0.15) is 20.3 Å². The third kappa shape index (κ3) is 6.23. The molecule has 0 saturated heterocycles. The van der Waals surface area contributed by atoms with Crippen molar-refractivity contribution in [2.24, 2.45) is 11.8 Å². The molecule has 1 unspecified atom stereocenters. The second kappa shape index (κ2) is 8.10. The van der Waals surface area contributed by atoms with Crippen molar-refractivity contribution >= 4 is 40.9 Å². The quantitative estimate of drug-likeness (QED) is 0.740. The van der Waals surface area contributed by atoms with E-state index < -0.39 is 17.9 Å². The van der Waals surface area contributed by atoms with Crippen molar-refractivity contribution in [3.8, 4) is 0 Å². The molecule has 1 aromatic carbocycles. The molecule has 0 aliphatic carbocycles. The summed E-state index contributed by atoms with van der Waals surface area (Å²) < 4.78 is 0. The van der Waals surface area contributed by atoms with Crippen molar-refractivity contribution in [2.75, 3.05) is 11.9 Å². The van der Waals surface area contributed by atoms with Crippen molar-refractivity contribution in [3.63, 3.8) is 0 Å². The van der Waals surface area contributed by atoms with Crippen LogP contribution in [0.25, 0.3) is 0 Å². The Labute approximate surface area is 133 Å². The number of halogens is 2. The second-order valence-electron chi connectivity index (χ2n) is 5.13. The largest absolute Gasteiger partial charge is 0.481 e. The Hall–Kier alpha value is -1.46. The number of amides is 2. The Balaban J connectivity index is 2.52. The van der Waals surface area contributed by atoms with Crippen molar-refractivity contribution in [1.82, 2.24) is 5.32 Å². The summed E-state index contributed by atoms with van der Waals surface area (Å²) in [6, 6.07) is 4.21. The minimum atomic E-state index is -0.918. The van der Waals surface area contributed by atoms with Crippen LogP contribution in [0.4, 0.5) is 10.5 Å². The molecular weight excluding hydrogens is 315 g/mol. The molecule has 0 spiro atoms. The summed E-state index contributed by atoms with van der Waals surface area (Å²) in [5.41, 5.74) is 0.484. The number of carboxylic acids is 1. The summed E-state index contributed by atoms with van der Waals surface area (Å²) in [6.45, 7) is 3.94. The van der Waals surface area contributed by atoms with E-state index in [9.17, 15) is 9.59 Å². The molecule has 0 radical (unpaired) electrons. The van der Waals surface area contributed by atoms with E-state index >= 15 is 0 Å². The average Bonchev–Trinajstić information content (AvgIpc) is 2.38. The van der Waals surface area contributed by atoms with Gasteiger partial charge in [0.1, 0.15) is 0 Å². The number of aliphatic carboxylic acids is 1. The molecule has 2 amide bonds. The minimum absolute atomic E-state index is 0.0701. The van der Waals surface area contributed by atoms with E-state index in [1.165, 1.54) is 6.07 Å². The topological polar surface area (TPSA) is 78.4 Å². The lowest BCUT2D eigenvalue weighted by Crippen LogP contribution is -2.36. The zero-order chi connectivity index (χ0) is 16.0. The van der Waals surface area contributed by atoms with Crippen molar-refractivity contribution in [3.05, 3.63) is 28.2 Å². The van der Waals surface area contributed by atoms with Gasteiger partial charge in [-0.2, -0.15) is 0 Å². The van der Waals surface area contributed by atoms with E-state index in [0.717, 1.165) is 0 Å². The van der Waals surface area contributed by atoms with Gasteiger partial charge < -0.3 is 15.7 Å². The summed E-state index contributed by atoms with van der Waals surface area (Å²) in [5.74, 6) is -1.28. The number of anilines is 1. The van der Waals surface area contributed by atoms with Gasteiger partial charge in [0, 0.05) is 12.2 Å². The number of urea groups is 1. The number of carbonyl (C=O) groups is 2. The number of nitrogens with one attached hydrogen (secondary N) is 2. The van der Waals surface area contributed by atoms with Crippen LogP contribution < -0.4 is 10.6 Å². The van der Waals surface area contributed by atoms with Crippen LogP contribution in [-0.4, -0.2) is 23.7 Å². The Kier molecular flexibility index (Phi) is 6.78. The molecule has 3 N–H and O–H groups in total. The summed E-state index contributed by atoms with van der Waals surface area (Å²) >= 11 is 11.6. The molecule has 0 aliphatic rings. The third-order valence-corrected chi connectivity index (χ3v) is 3.53. The van der Waals surface area contributed by atoms with Gasteiger partial charge in [-0.05, 0) is 30.5 Å². The standard InChI is InChI=1S/C14H18Cl2N2O3/c1-8(2)5-9(13(19)20)7-17-14(21)18-10-3-4-11(15)12(16)6-10/h3-4,6,8-9H,5,7H2,1-2H3,(H,19,20)(H2,17,18,21). The lowest BCUT2D eigenvalue weighted by atomic mass is 9.97. The molecule has 1 aromatic rings. The van der Waals surface area contributed by atoms with Crippen LogP contribution in [0.5, 0.6) is 0 Å². The van der Waals surface area contributed by atoms with Crippen LogP contribution in [-0.2, 0) is 4.79 Å². The summed E-state index contributed by atoms with van der Waals surface area (Å²) in [7, 11) is 0. The van der Waals surface area contributed by atoms with E-state index in [0.29, 0.717) is 22.2 Å². The highest BCUT2D eigenvalue weighted by molar-refractivity contribution is 6.42. The van der Waals surface area contributed by atoms with Crippen LogP contribution in [0.2, 0.25) is 10.0 Å². The number of carbonyl (C=O) groups excluding carboxylic acids is 1. The van der Waals surface area contributed by atoms with E-state index in [-0.39, 0.29) is 12.5 Å². The normalized spacial score (nSPS) is 12.0. The number of hydrogen-bond donors (Lipinski definition) is 3. The van der Waals surface area contributed by atoms with E-state index in [1.807, 2.05) is 13.8 Å². The molecule has 1 atom stereocenters. The molecule has 0 aromatic heterocycles. The zero-order valence-corrected chi connectivity index (χ0v) is 13.3. The van der Waals surface area contributed by atoms with Gasteiger partial charge in [0.15, 0.2) is 0 Å². The SMILES string of the molecule is CC(C)CC(CNC(=O)Nc1ccc(Cl)c(Cl)c1)C(=O)O. The fourth-order valence-electron chi connectivity index (χ4n) is 1.81. The maximum Gasteiger partial charge on any atom is 0.319 e. The Bertz CT molecular complexity index is 521. The predicted octanol–water partition coefficient (Wildman–Crippen LogP) is 3.86. The lowest BCUT2D eigenvalue weighted by Gasteiger charge is -2.15. The first-order chi connectivity index (χ1) is 9.79. The number of rotatable bonds is 6. The average molecular weight is 333 g/mol. The second-order valence-corrected chi connectivity index (χ2v) is 5.94. The fraction of sp³-hybridized carbons (Fsp3) is 0.429. The van der Waals surface area contributed by atoms with Gasteiger partial charge in [-0.15, -0.1) is 0 Å². The maximum atomic E-state index is 11.7. The van der Waals surface area contributed by atoms with Gasteiger partial charge >= 0.3 is 12.0 Å². The molecule has 0 aliphatic heterocycles. The highest BCUT2D eigenvalue weighted by atomic mass is 35.5. The van der Waals surface area contributed by atoms with Crippen molar-refractivity contribution in [2.45, 2.75) is 20.3 Å².